The zero-order valence-electron chi connectivity index (χ0n) is 20.2. The van der Waals surface area contributed by atoms with Gasteiger partial charge in [-0.2, -0.15) is 5.10 Å². The summed E-state index contributed by atoms with van der Waals surface area (Å²) in [4.78, 5) is 40.8. The number of hydrogen-bond acceptors (Lipinski definition) is 4. The monoisotopic (exact) mass is 547 g/mol. The number of halogens is 2. The first kappa shape index (κ1) is 25.7. The Morgan fingerprint density at radius 1 is 0.947 bits per heavy atom. The molecule has 38 heavy (non-hydrogen) atoms. The van der Waals surface area contributed by atoms with E-state index >= 15 is 0 Å². The Morgan fingerprint density at radius 2 is 1.66 bits per heavy atom. The van der Waals surface area contributed by atoms with Gasteiger partial charge in [-0.15, -0.1) is 0 Å². The number of aromatic amines is 1. The molecular formula is C29H23Cl2N3O4. The number of benzene rings is 3. The second-order valence-corrected chi connectivity index (χ2v) is 9.87. The van der Waals surface area contributed by atoms with E-state index in [0.717, 1.165) is 10.9 Å². The summed E-state index contributed by atoms with van der Waals surface area (Å²) in [5.41, 5.74) is 3.33. The number of H-pyrrole nitrogens is 1. The number of carbonyl (C=O) groups is 2. The van der Waals surface area contributed by atoms with E-state index in [-0.39, 0.29) is 37.1 Å². The van der Waals surface area contributed by atoms with Gasteiger partial charge in [-0.05, 0) is 41.8 Å². The van der Waals surface area contributed by atoms with Crippen molar-refractivity contribution >= 4 is 51.7 Å². The number of para-hydroxylation sites is 1. The van der Waals surface area contributed by atoms with E-state index in [1.165, 1.54) is 5.01 Å². The number of carboxylic acid groups (broad SMARTS) is 1. The maximum atomic E-state index is 13.6. The Labute approximate surface area is 228 Å². The average molecular weight is 548 g/mol. The maximum Gasteiger partial charge on any atom is 0.303 e. The zero-order chi connectivity index (χ0) is 26.8. The zero-order valence-corrected chi connectivity index (χ0v) is 21.7. The molecule has 9 heteroatoms. The molecule has 0 unspecified atom stereocenters. The van der Waals surface area contributed by atoms with Crippen molar-refractivity contribution in [2.75, 3.05) is 0 Å². The number of aliphatic carboxylic acids is 1. The van der Waals surface area contributed by atoms with Crippen molar-refractivity contribution in [1.82, 2.24) is 9.99 Å². The smallest absolute Gasteiger partial charge is 0.303 e. The average Bonchev–Trinajstić information content (AvgIpc) is 3.33. The molecule has 0 saturated heterocycles. The van der Waals surface area contributed by atoms with Gasteiger partial charge in [-0.1, -0.05) is 71.7 Å². The van der Waals surface area contributed by atoms with Crippen LogP contribution in [-0.2, 0) is 9.59 Å². The van der Waals surface area contributed by atoms with Gasteiger partial charge in [0.2, 0.25) is 5.91 Å². The molecule has 192 valence electrons. The van der Waals surface area contributed by atoms with Crippen molar-refractivity contribution in [3.05, 3.63) is 104 Å². The molecule has 1 aromatic heterocycles. The molecule has 0 saturated carbocycles. The van der Waals surface area contributed by atoms with E-state index in [1.807, 2.05) is 48.5 Å². The molecular weight excluding hydrogens is 525 g/mol. The summed E-state index contributed by atoms with van der Waals surface area (Å²) in [5.74, 6) is -1.31. The Morgan fingerprint density at radius 3 is 2.39 bits per heavy atom. The number of nitrogens with one attached hydrogen (secondary N) is 1. The number of rotatable bonds is 7. The summed E-state index contributed by atoms with van der Waals surface area (Å²) >= 11 is 12.7. The Hall–Kier alpha value is -3.94. The number of aromatic nitrogens is 1. The molecule has 1 aliphatic rings. The SMILES string of the molecule is O=C(O)CCCC(=O)N1N=C(c2c(-c3ccc(Cl)cc3)c3ccccc3[nH]c2=O)C[C@@H]1c1ccccc1Cl. The standard InChI is InChI=1S/C29H23Cl2N3O4/c30-18-14-12-17(13-15-18)27-20-7-2-4-9-22(20)32-29(38)28(27)23-16-24(19-6-1-3-8-21(19)31)34(33-23)25(35)10-5-11-26(36)37/h1-4,6-9,12-15,24H,5,10-11,16H2,(H,32,38)(H,36,37)/t24-/m1/s1. The normalized spacial score (nSPS) is 15.1. The third kappa shape index (κ3) is 5.08. The number of amides is 1. The number of fused-ring (bicyclic) bond motifs is 1. The quantitative estimate of drug-likeness (QED) is 0.278. The Bertz CT molecular complexity index is 1630. The second kappa shape index (κ2) is 10.8. The van der Waals surface area contributed by atoms with E-state index in [0.29, 0.717) is 38.0 Å². The fourth-order valence-corrected chi connectivity index (χ4v) is 5.21. The van der Waals surface area contributed by atoms with Crippen LogP contribution in [0.4, 0.5) is 0 Å². The van der Waals surface area contributed by atoms with Gasteiger partial charge in [-0.25, -0.2) is 5.01 Å². The minimum absolute atomic E-state index is 0.00213. The van der Waals surface area contributed by atoms with Crippen LogP contribution in [-0.4, -0.2) is 32.7 Å². The summed E-state index contributed by atoms with van der Waals surface area (Å²) in [5, 5.41) is 16.9. The minimum atomic E-state index is -0.971. The molecule has 1 atom stereocenters. The van der Waals surface area contributed by atoms with Crippen LogP contribution < -0.4 is 5.56 Å². The first-order valence-corrected chi connectivity index (χ1v) is 12.9. The third-order valence-electron chi connectivity index (χ3n) is 6.55. The Kier molecular flexibility index (Phi) is 7.31. The molecule has 2 heterocycles. The summed E-state index contributed by atoms with van der Waals surface area (Å²) in [6.45, 7) is 0. The van der Waals surface area contributed by atoms with Crippen LogP contribution in [0.5, 0.6) is 0 Å². The molecule has 2 N–H and O–H groups in total. The summed E-state index contributed by atoms with van der Waals surface area (Å²) < 4.78 is 0. The van der Waals surface area contributed by atoms with Crippen LogP contribution in [0, 0.1) is 0 Å². The van der Waals surface area contributed by atoms with Gasteiger partial charge in [0.05, 0.1) is 17.3 Å². The van der Waals surface area contributed by atoms with E-state index < -0.39 is 12.0 Å². The molecule has 1 aliphatic heterocycles. The van der Waals surface area contributed by atoms with Crippen LogP contribution >= 0.6 is 23.2 Å². The van der Waals surface area contributed by atoms with Crippen molar-refractivity contribution in [3.63, 3.8) is 0 Å². The van der Waals surface area contributed by atoms with Gasteiger partial charge in [0, 0.05) is 45.8 Å². The molecule has 0 fully saturated rings. The van der Waals surface area contributed by atoms with Gasteiger partial charge >= 0.3 is 5.97 Å². The van der Waals surface area contributed by atoms with Crippen LogP contribution in [0.1, 0.15) is 42.9 Å². The van der Waals surface area contributed by atoms with Crippen molar-refractivity contribution in [2.24, 2.45) is 5.10 Å². The molecule has 4 aromatic rings. The highest BCUT2D eigenvalue weighted by Gasteiger charge is 2.36. The number of hydrogen-bond donors (Lipinski definition) is 2. The number of hydrazone groups is 1. The molecule has 0 radical (unpaired) electrons. The van der Waals surface area contributed by atoms with Gasteiger partial charge in [0.1, 0.15) is 0 Å². The molecule has 7 nitrogen and oxygen atoms in total. The number of carbonyl (C=O) groups excluding carboxylic acids is 1. The van der Waals surface area contributed by atoms with E-state index in [1.54, 1.807) is 24.3 Å². The lowest BCUT2D eigenvalue weighted by Gasteiger charge is -2.22. The highest BCUT2D eigenvalue weighted by atomic mass is 35.5. The second-order valence-electron chi connectivity index (χ2n) is 9.03. The van der Waals surface area contributed by atoms with E-state index in [2.05, 4.69) is 10.1 Å². The molecule has 3 aromatic carbocycles. The van der Waals surface area contributed by atoms with Crippen molar-refractivity contribution < 1.29 is 14.7 Å². The minimum Gasteiger partial charge on any atom is -0.481 e. The number of nitrogens with zero attached hydrogens (tertiary/aromatic N) is 2. The first-order valence-electron chi connectivity index (χ1n) is 12.1. The fraction of sp³-hybridized carbons (Fsp3) is 0.172. The molecule has 0 bridgehead atoms. The van der Waals surface area contributed by atoms with Crippen molar-refractivity contribution in [2.45, 2.75) is 31.7 Å². The van der Waals surface area contributed by atoms with Crippen LogP contribution in [0.2, 0.25) is 10.0 Å². The first-order chi connectivity index (χ1) is 18.3. The lowest BCUT2D eigenvalue weighted by Crippen LogP contribution is -2.27. The van der Waals surface area contributed by atoms with Crippen LogP contribution in [0.25, 0.3) is 22.0 Å². The van der Waals surface area contributed by atoms with E-state index in [9.17, 15) is 14.4 Å². The van der Waals surface area contributed by atoms with Crippen molar-refractivity contribution in [3.8, 4) is 11.1 Å². The van der Waals surface area contributed by atoms with Gasteiger partial charge in [0.25, 0.3) is 5.56 Å². The van der Waals surface area contributed by atoms with Gasteiger partial charge in [-0.3, -0.25) is 14.4 Å². The molecule has 0 aliphatic carbocycles. The van der Waals surface area contributed by atoms with E-state index in [4.69, 9.17) is 28.3 Å². The van der Waals surface area contributed by atoms with Crippen molar-refractivity contribution in [1.29, 1.82) is 0 Å². The highest BCUT2D eigenvalue weighted by Crippen LogP contribution is 2.39. The van der Waals surface area contributed by atoms with Gasteiger partial charge < -0.3 is 10.1 Å². The topological polar surface area (TPSA) is 103 Å². The van der Waals surface area contributed by atoms with Crippen LogP contribution in [0.3, 0.4) is 0 Å². The Balaban J connectivity index is 1.66. The fourth-order valence-electron chi connectivity index (χ4n) is 4.82. The molecule has 0 spiro atoms. The summed E-state index contributed by atoms with van der Waals surface area (Å²) in [6.07, 6.45) is 0.313. The summed E-state index contributed by atoms with van der Waals surface area (Å²) in [6, 6.07) is 21.4. The predicted molar refractivity (Wildman–Crippen MR) is 149 cm³/mol. The highest BCUT2D eigenvalue weighted by molar-refractivity contribution is 6.31. The number of carboxylic acids is 1. The largest absolute Gasteiger partial charge is 0.481 e. The third-order valence-corrected chi connectivity index (χ3v) is 7.15. The lowest BCUT2D eigenvalue weighted by atomic mass is 9.91. The van der Waals surface area contributed by atoms with Crippen LogP contribution in [0.15, 0.2) is 82.7 Å². The summed E-state index contributed by atoms with van der Waals surface area (Å²) in [7, 11) is 0. The van der Waals surface area contributed by atoms with Gasteiger partial charge in [0.15, 0.2) is 0 Å². The predicted octanol–water partition coefficient (Wildman–Crippen LogP) is 6.43. The molecule has 1 amide bonds. The molecule has 5 rings (SSSR count). The lowest BCUT2D eigenvalue weighted by molar-refractivity contribution is -0.137. The maximum absolute atomic E-state index is 13.6. The number of pyridine rings is 1.